The van der Waals surface area contributed by atoms with Crippen LogP contribution in [0, 0.1) is 0 Å². The number of fused-ring (bicyclic) bond motifs is 6. The quantitative estimate of drug-likeness (QED) is 0.269. The molecule has 0 N–H and O–H groups in total. The zero-order valence-electron chi connectivity index (χ0n) is 19.2. The lowest BCUT2D eigenvalue weighted by atomic mass is 9.95. The van der Waals surface area contributed by atoms with Crippen molar-refractivity contribution in [3.63, 3.8) is 0 Å². The number of anilines is 2. The second-order valence-electron chi connectivity index (χ2n) is 9.24. The first-order chi connectivity index (χ1) is 15.6. The summed E-state index contributed by atoms with van der Waals surface area (Å²) < 4.78 is 8.34. The lowest BCUT2D eigenvalue weighted by Gasteiger charge is -2.30. The number of hydrogen-bond donors (Lipinski definition) is 0. The Morgan fingerprint density at radius 2 is 1.56 bits per heavy atom. The fraction of sp³-hybridized carbons (Fsp3) is 0.407. The molecule has 5 nitrogen and oxygen atoms in total. The van der Waals surface area contributed by atoms with Gasteiger partial charge in [-0.15, -0.1) is 0 Å². The highest BCUT2D eigenvalue weighted by Crippen LogP contribution is 2.38. The Bertz CT molecular complexity index is 1400. The Kier molecular flexibility index (Phi) is 4.42. The molecule has 4 aliphatic heterocycles. The topological polar surface area (TPSA) is 40.6 Å². The van der Waals surface area contributed by atoms with Crippen LogP contribution in [0.3, 0.4) is 0 Å². The Labute approximate surface area is 188 Å². The highest BCUT2D eigenvalue weighted by Gasteiger charge is 2.28. The lowest BCUT2D eigenvalue weighted by molar-refractivity contribution is -0.658. The predicted molar refractivity (Wildman–Crippen MR) is 130 cm³/mol. The van der Waals surface area contributed by atoms with Crippen LogP contribution < -0.4 is 19.9 Å². The van der Waals surface area contributed by atoms with Crippen LogP contribution in [0.2, 0.25) is 0 Å². The van der Waals surface area contributed by atoms with Gasteiger partial charge in [0.2, 0.25) is 5.52 Å². The van der Waals surface area contributed by atoms with Gasteiger partial charge in [-0.05, 0) is 68.9 Å². The third-order valence-corrected chi connectivity index (χ3v) is 7.50. The molecule has 0 spiro atoms. The Morgan fingerprint density at radius 3 is 2.25 bits per heavy atom. The summed E-state index contributed by atoms with van der Waals surface area (Å²) >= 11 is 0. The van der Waals surface area contributed by atoms with Crippen LogP contribution in [0.15, 0.2) is 39.5 Å². The summed E-state index contributed by atoms with van der Waals surface area (Å²) in [5.41, 5.74) is 7.71. The lowest BCUT2D eigenvalue weighted by Crippen LogP contribution is -2.48. The van der Waals surface area contributed by atoms with E-state index < -0.39 is 0 Å². The Balaban J connectivity index is 1.67. The van der Waals surface area contributed by atoms with E-state index in [-0.39, 0.29) is 5.56 Å². The predicted octanol–water partition coefficient (Wildman–Crippen LogP) is 4.42. The smallest absolute Gasteiger partial charge is 0.423 e. The Hall–Kier alpha value is -3.08. The first-order valence-corrected chi connectivity index (χ1v) is 12.0. The molecule has 0 bridgehead atoms. The molecule has 0 aromatic heterocycles. The molecule has 0 amide bonds. The highest BCUT2D eigenvalue weighted by molar-refractivity contribution is 5.97. The van der Waals surface area contributed by atoms with Gasteiger partial charge < -0.3 is 14.2 Å². The number of aromatic nitrogens is 1. The van der Waals surface area contributed by atoms with Gasteiger partial charge in [-0.3, -0.25) is 0 Å². The summed E-state index contributed by atoms with van der Waals surface area (Å²) in [4.78, 5) is 18.2. The van der Waals surface area contributed by atoms with Crippen LogP contribution in [0.25, 0.3) is 33.2 Å². The first-order valence-electron chi connectivity index (χ1n) is 12.0. The van der Waals surface area contributed by atoms with Crippen molar-refractivity contribution in [2.24, 2.45) is 7.05 Å². The van der Waals surface area contributed by atoms with Gasteiger partial charge in [-0.1, -0.05) is 0 Å². The molecule has 4 aliphatic rings. The summed E-state index contributed by atoms with van der Waals surface area (Å²) in [5, 5.41) is 2.05. The van der Waals surface area contributed by atoms with Gasteiger partial charge in [0.25, 0.3) is 0 Å². The first kappa shape index (κ1) is 19.6. The summed E-state index contributed by atoms with van der Waals surface area (Å²) in [7, 11) is 1.88. The van der Waals surface area contributed by atoms with E-state index in [1.165, 1.54) is 28.9 Å². The molecule has 164 valence electrons. The van der Waals surface area contributed by atoms with Crippen molar-refractivity contribution in [3.05, 3.63) is 51.8 Å². The Morgan fingerprint density at radius 1 is 0.906 bits per heavy atom. The molecule has 0 saturated heterocycles. The number of benzene rings is 2. The van der Waals surface area contributed by atoms with Crippen LogP contribution in [-0.4, -0.2) is 26.2 Å². The van der Waals surface area contributed by atoms with Crippen LogP contribution in [0.4, 0.5) is 11.4 Å². The second-order valence-corrected chi connectivity index (χ2v) is 9.24. The zero-order valence-corrected chi connectivity index (χ0v) is 19.2. The maximum Gasteiger partial charge on any atom is 0.423 e. The van der Waals surface area contributed by atoms with E-state index in [0.29, 0.717) is 11.3 Å². The van der Waals surface area contributed by atoms with E-state index >= 15 is 0 Å². The molecule has 5 heteroatoms. The molecule has 0 radical (unpaired) electrons. The van der Waals surface area contributed by atoms with Crippen molar-refractivity contribution in [1.29, 1.82) is 0 Å². The van der Waals surface area contributed by atoms with Gasteiger partial charge >= 0.3 is 5.56 Å². The summed E-state index contributed by atoms with van der Waals surface area (Å²) in [6, 6.07) is 10.9. The molecule has 0 fully saturated rings. The van der Waals surface area contributed by atoms with Gasteiger partial charge in [-0.2, -0.15) is 4.57 Å². The van der Waals surface area contributed by atoms with E-state index in [1.807, 2.05) is 13.1 Å². The zero-order chi connectivity index (χ0) is 22.0. The summed E-state index contributed by atoms with van der Waals surface area (Å²) in [5.74, 6) is 0.714. The van der Waals surface area contributed by atoms with Crippen LogP contribution in [0.5, 0.6) is 0 Å². The summed E-state index contributed by atoms with van der Waals surface area (Å²) in [6.45, 7) is 8.54. The molecular formula is C27H30N3O2+. The molecule has 0 atom stereocenters. The number of nitrogens with zero attached hydrogens (tertiary/aromatic N) is 3. The number of rotatable bonds is 2. The van der Waals surface area contributed by atoms with Crippen molar-refractivity contribution in [1.82, 2.24) is 0 Å². The van der Waals surface area contributed by atoms with E-state index in [1.54, 1.807) is 4.57 Å². The van der Waals surface area contributed by atoms with E-state index in [0.717, 1.165) is 67.3 Å². The number of hydrogen-bond acceptors (Lipinski definition) is 4. The van der Waals surface area contributed by atoms with Gasteiger partial charge in [0.15, 0.2) is 5.76 Å². The van der Waals surface area contributed by atoms with Crippen molar-refractivity contribution < 1.29 is 8.98 Å². The second kappa shape index (κ2) is 7.22. The van der Waals surface area contributed by atoms with Crippen molar-refractivity contribution >= 4 is 33.2 Å². The standard InChI is InChI=1S/C27H30N3O2/c1-4-29-10-7-9-18-13-20-24(15-22(18)29)28(3)27(31)21-14-19-12-17-8-6-11-30(5-2)23(17)16-25(19)32-26(20)21/h12-16H,4-11H2,1-3H3/q+1. The molecule has 6 rings (SSSR count). The molecule has 2 aromatic carbocycles. The number of aryl methyl sites for hydroxylation is 3. The molecule has 4 heterocycles. The van der Waals surface area contributed by atoms with Crippen LogP contribution in [-0.2, 0) is 19.9 Å². The molecule has 32 heavy (non-hydrogen) atoms. The summed E-state index contributed by atoms with van der Waals surface area (Å²) in [6.07, 6.45) is 4.48. The minimum Gasteiger partial charge on any atom is -0.455 e. The molecular weight excluding hydrogens is 398 g/mol. The largest absolute Gasteiger partial charge is 0.455 e. The van der Waals surface area contributed by atoms with Crippen LogP contribution in [0.1, 0.15) is 37.8 Å². The van der Waals surface area contributed by atoms with Crippen LogP contribution >= 0.6 is 0 Å². The minimum atomic E-state index is 0.00450. The fourth-order valence-electron chi connectivity index (χ4n) is 5.76. The van der Waals surface area contributed by atoms with Crippen molar-refractivity contribution in [2.75, 3.05) is 36.0 Å². The average Bonchev–Trinajstić information content (AvgIpc) is 2.83. The maximum atomic E-state index is 13.4. The van der Waals surface area contributed by atoms with Gasteiger partial charge in [-0.25, -0.2) is 4.79 Å². The van der Waals surface area contributed by atoms with Gasteiger partial charge in [0.1, 0.15) is 18.2 Å². The minimum absolute atomic E-state index is 0.00450. The normalized spacial score (nSPS) is 16.1. The SMILES string of the molecule is CCN1CCCc2cc3cc4c(=O)[n+](C)c5cc6c(cc5c-4oc3cc21)CCCN6CC. The molecule has 0 unspecified atom stereocenters. The monoisotopic (exact) mass is 428 g/mol. The van der Waals surface area contributed by atoms with E-state index in [2.05, 4.69) is 47.9 Å². The average molecular weight is 429 g/mol. The molecule has 2 aromatic rings. The molecule has 0 aliphatic carbocycles. The van der Waals surface area contributed by atoms with Gasteiger partial charge in [0, 0.05) is 55.1 Å². The maximum absolute atomic E-state index is 13.4. The third-order valence-electron chi connectivity index (χ3n) is 7.50. The highest BCUT2D eigenvalue weighted by atomic mass is 16.3. The van der Waals surface area contributed by atoms with E-state index in [9.17, 15) is 4.79 Å². The van der Waals surface area contributed by atoms with E-state index in [4.69, 9.17) is 4.42 Å². The third kappa shape index (κ3) is 2.76. The molecule has 0 saturated carbocycles. The van der Waals surface area contributed by atoms with Crippen molar-refractivity contribution in [3.8, 4) is 11.3 Å². The number of pyridine rings is 1. The van der Waals surface area contributed by atoms with Crippen molar-refractivity contribution in [2.45, 2.75) is 39.5 Å². The fourth-order valence-corrected chi connectivity index (χ4v) is 5.76. The van der Waals surface area contributed by atoms with Gasteiger partial charge in [0.05, 0.1) is 5.39 Å².